The third-order valence-electron chi connectivity index (χ3n) is 5.91. The van der Waals surface area contributed by atoms with Crippen molar-refractivity contribution in [3.8, 4) is 11.1 Å². The molecule has 0 bridgehead atoms. The van der Waals surface area contributed by atoms with Gasteiger partial charge < -0.3 is 11.1 Å². The first-order valence-corrected chi connectivity index (χ1v) is 12.2. The van der Waals surface area contributed by atoms with Gasteiger partial charge in [-0.3, -0.25) is 19.3 Å². The standard InChI is InChI=1S/C27H19ClFN3O3S.ClH/c28-23-10-9-22(36-23)25(33)31-21-6-2-5-19-24(21)27(35)32(26(19)34)14-15-3-1-4-16(11-15)17-7-8-20(29)18(12-17)13-30;/h1-12H,13-14,30H2,(H,31,33);1H. The van der Waals surface area contributed by atoms with E-state index in [-0.39, 0.29) is 48.1 Å². The summed E-state index contributed by atoms with van der Waals surface area (Å²) in [6.07, 6.45) is 0. The number of carbonyl (C=O) groups excluding carboxylic acids is 3. The molecule has 0 unspecified atom stereocenters. The van der Waals surface area contributed by atoms with E-state index in [1.54, 1.807) is 42.5 Å². The summed E-state index contributed by atoms with van der Waals surface area (Å²) in [6, 6.07) is 20.0. The number of nitrogens with one attached hydrogen (secondary N) is 1. The molecule has 6 nitrogen and oxygen atoms in total. The van der Waals surface area contributed by atoms with E-state index in [1.165, 1.54) is 6.07 Å². The van der Waals surface area contributed by atoms with E-state index in [0.29, 0.717) is 14.8 Å². The zero-order valence-electron chi connectivity index (χ0n) is 19.2. The number of halogens is 3. The van der Waals surface area contributed by atoms with E-state index in [4.69, 9.17) is 17.3 Å². The van der Waals surface area contributed by atoms with E-state index >= 15 is 0 Å². The van der Waals surface area contributed by atoms with Crippen LogP contribution >= 0.6 is 35.3 Å². The number of thiophene rings is 1. The number of rotatable bonds is 6. The topological polar surface area (TPSA) is 92.5 Å². The molecule has 5 rings (SSSR count). The quantitative estimate of drug-likeness (QED) is 0.279. The van der Waals surface area contributed by atoms with Crippen LogP contribution < -0.4 is 11.1 Å². The van der Waals surface area contributed by atoms with E-state index in [9.17, 15) is 18.8 Å². The van der Waals surface area contributed by atoms with Crippen LogP contribution in [-0.2, 0) is 13.1 Å². The maximum atomic E-state index is 13.9. The Morgan fingerprint density at radius 2 is 1.73 bits per heavy atom. The van der Waals surface area contributed by atoms with Crippen LogP contribution in [-0.4, -0.2) is 22.6 Å². The van der Waals surface area contributed by atoms with Crippen molar-refractivity contribution in [2.75, 3.05) is 5.32 Å². The highest BCUT2D eigenvalue weighted by Crippen LogP contribution is 2.32. The highest BCUT2D eigenvalue weighted by Gasteiger charge is 2.37. The van der Waals surface area contributed by atoms with Gasteiger partial charge in [0.2, 0.25) is 0 Å². The van der Waals surface area contributed by atoms with E-state index in [2.05, 4.69) is 5.32 Å². The Hall–Kier alpha value is -3.56. The second kappa shape index (κ2) is 10.8. The lowest BCUT2D eigenvalue weighted by atomic mass is 10.0. The van der Waals surface area contributed by atoms with Gasteiger partial charge in [0.1, 0.15) is 5.82 Å². The smallest absolute Gasteiger partial charge is 0.265 e. The second-order valence-corrected chi connectivity index (χ2v) is 9.91. The number of nitrogens with zero attached hydrogens (tertiary/aromatic N) is 1. The Balaban J connectivity index is 0.00000320. The molecule has 0 atom stereocenters. The van der Waals surface area contributed by atoms with Crippen LogP contribution in [0.15, 0.2) is 72.8 Å². The van der Waals surface area contributed by atoms with Crippen LogP contribution in [0, 0.1) is 5.82 Å². The molecule has 0 saturated heterocycles. The molecule has 188 valence electrons. The second-order valence-electron chi connectivity index (χ2n) is 8.19. The van der Waals surface area contributed by atoms with Gasteiger partial charge in [-0.05, 0) is 59.2 Å². The molecule has 0 fully saturated rings. The van der Waals surface area contributed by atoms with Gasteiger partial charge in [-0.25, -0.2) is 4.39 Å². The predicted molar refractivity (Wildman–Crippen MR) is 145 cm³/mol. The van der Waals surface area contributed by atoms with E-state index < -0.39 is 17.7 Å². The summed E-state index contributed by atoms with van der Waals surface area (Å²) in [5, 5.41) is 2.73. The maximum Gasteiger partial charge on any atom is 0.265 e. The summed E-state index contributed by atoms with van der Waals surface area (Å²) in [6.45, 7) is 0.117. The molecule has 3 aromatic carbocycles. The lowest BCUT2D eigenvalue weighted by Gasteiger charge is -2.15. The molecule has 0 saturated carbocycles. The fraction of sp³-hybridized carbons (Fsp3) is 0.0741. The number of nitrogens with two attached hydrogens (primary N) is 1. The predicted octanol–water partition coefficient (Wildman–Crippen LogP) is 6.14. The molecule has 0 aliphatic carbocycles. The lowest BCUT2D eigenvalue weighted by Crippen LogP contribution is -2.29. The van der Waals surface area contributed by atoms with Gasteiger partial charge in [-0.15, -0.1) is 23.7 Å². The van der Waals surface area contributed by atoms with Crippen LogP contribution in [0.3, 0.4) is 0 Å². The first-order valence-electron chi connectivity index (χ1n) is 11.0. The minimum atomic E-state index is -0.493. The van der Waals surface area contributed by atoms with Crippen LogP contribution in [0.2, 0.25) is 4.34 Å². The number of imide groups is 1. The Kier molecular flexibility index (Phi) is 7.75. The van der Waals surface area contributed by atoms with Crippen molar-refractivity contribution in [2.45, 2.75) is 13.1 Å². The third kappa shape index (κ3) is 5.14. The van der Waals surface area contributed by atoms with Crippen LogP contribution in [0.1, 0.15) is 41.5 Å². The number of fused-ring (bicyclic) bond motifs is 1. The van der Waals surface area contributed by atoms with Crippen molar-refractivity contribution in [1.82, 2.24) is 4.90 Å². The van der Waals surface area contributed by atoms with Crippen LogP contribution in [0.4, 0.5) is 10.1 Å². The molecule has 1 aliphatic heterocycles. The number of anilines is 1. The SMILES string of the molecule is Cl.NCc1cc(-c2cccc(CN3C(=O)c4cccc(NC(=O)c5ccc(Cl)s5)c4C3=O)c2)ccc1F. The minimum Gasteiger partial charge on any atom is -0.326 e. The molecule has 4 aromatic rings. The molecule has 3 N–H and O–H groups in total. The van der Waals surface area contributed by atoms with Crippen molar-refractivity contribution in [3.05, 3.63) is 110 Å². The van der Waals surface area contributed by atoms with Crippen molar-refractivity contribution in [2.24, 2.45) is 5.73 Å². The molecule has 3 amide bonds. The summed E-state index contributed by atoms with van der Waals surface area (Å²) in [7, 11) is 0. The van der Waals surface area contributed by atoms with E-state index in [1.807, 2.05) is 24.3 Å². The Morgan fingerprint density at radius 3 is 2.46 bits per heavy atom. The first-order chi connectivity index (χ1) is 17.4. The van der Waals surface area contributed by atoms with Gasteiger partial charge in [0.25, 0.3) is 17.7 Å². The highest BCUT2D eigenvalue weighted by atomic mass is 35.5. The first kappa shape index (κ1) is 26.5. The van der Waals surface area contributed by atoms with Crippen molar-refractivity contribution >= 4 is 58.8 Å². The van der Waals surface area contributed by atoms with Gasteiger partial charge in [0.15, 0.2) is 0 Å². The highest BCUT2D eigenvalue weighted by molar-refractivity contribution is 7.18. The zero-order valence-corrected chi connectivity index (χ0v) is 21.6. The number of hydrogen-bond acceptors (Lipinski definition) is 5. The molecule has 0 spiro atoms. The number of amides is 3. The van der Waals surface area contributed by atoms with Crippen molar-refractivity contribution in [1.29, 1.82) is 0 Å². The molecule has 37 heavy (non-hydrogen) atoms. The average Bonchev–Trinajstić information content (AvgIpc) is 3.42. The fourth-order valence-electron chi connectivity index (χ4n) is 4.14. The summed E-state index contributed by atoms with van der Waals surface area (Å²) >= 11 is 7.04. The third-order valence-corrected chi connectivity index (χ3v) is 7.14. The Morgan fingerprint density at radius 1 is 0.973 bits per heavy atom. The van der Waals surface area contributed by atoms with Crippen LogP contribution in [0.25, 0.3) is 11.1 Å². The summed E-state index contributed by atoms with van der Waals surface area (Å²) in [5.74, 6) is -1.72. The summed E-state index contributed by atoms with van der Waals surface area (Å²) < 4.78 is 14.3. The molecular formula is C27H20Cl2FN3O3S. The average molecular weight is 556 g/mol. The molecule has 0 radical (unpaired) electrons. The monoisotopic (exact) mass is 555 g/mol. The summed E-state index contributed by atoms with van der Waals surface area (Å²) in [5.41, 5.74) is 8.98. The summed E-state index contributed by atoms with van der Waals surface area (Å²) in [4.78, 5) is 40.6. The molecule has 1 aromatic heterocycles. The molecular weight excluding hydrogens is 536 g/mol. The normalized spacial score (nSPS) is 12.4. The largest absolute Gasteiger partial charge is 0.326 e. The number of benzene rings is 3. The van der Waals surface area contributed by atoms with Gasteiger partial charge in [0.05, 0.1) is 32.6 Å². The van der Waals surface area contributed by atoms with Gasteiger partial charge >= 0.3 is 0 Å². The fourth-order valence-corrected chi connectivity index (χ4v) is 5.08. The molecule has 1 aliphatic rings. The maximum absolute atomic E-state index is 13.9. The van der Waals surface area contributed by atoms with Crippen molar-refractivity contribution in [3.63, 3.8) is 0 Å². The molecule has 10 heteroatoms. The Labute approximate surface area is 227 Å². The lowest BCUT2D eigenvalue weighted by molar-refractivity contribution is 0.0642. The Bertz CT molecular complexity index is 1540. The van der Waals surface area contributed by atoms with E-state index in [0.717, 1.165) is 32.9 Å². The van der Waals surface area contributed by atoms with Gasteiger partial charge in [-0.1, -0.05) is 41.9 Å². The van der Waals surface area contributed by atoms with Crippen molar-refractivity contribution < 1.29 is 18.8 Å². The minimum absolute atomic E-state index is 0. The van der Waals surface area contributed by atoms with Gasteiger partial charge in [-0.2, -0.15) is 0 Å². The van der Waals surface area contributed by atoms with Gasteiger partial charge in [0, 0.05) is 12.1 Å². The number of hydrogen-bond donors (Lipinski definition) is 2. The molecule has 2 heterocycles. The number of carbonyl (C=O) groups is 3. The zero-order chi connectivity index (χ0) is 25.4. The van der Waals surface area contributed by atoms with Crippen LogP contribution in [0.5, 0.6) is 0 Å².